The zero-order valence-electron chi connectivity index (χ0n) is 8.61. The number of para-hydroxylation sites is 2. The van der Waals surface area contributed by atoms with Gasteiger partial charge in [0, 0.05) is 0 Å². The number of allylic oxidation sites excluding steroid dienone is 1. The van der Waals surface area contributed by atoms with E-state index in [1.165, 1.54) is 18.2 Å². The molecule has 1 aromatic carbocycles. The summed E-state index contributed by atoms with van der Waals surface area (Å²) in [5.74, 6) is -0.455. The number of carbonyl (C=O) groups excluding carboxylic acids is 1. The fraction of sp³-hybridized carbons (Fsp3) is 0.182. The van der Waals surface area contributed by atoms with Gasteiger partial charge in [0.05, 0.1) is 5.69 Å². The van der Waals surface area contributed by atoms with Crippen LogP contribution in [0.25, 0.3) is 0 Å². The molecular weight excluding hydrogens is 216 g/mol. The summed E-state index contributed by atoms with van der Waals surface area (Å²) in [7, 11) is 0. The quantitative estimate of drug-likeness (QED) is 0.803. The summed E-state index contributed by atoms with van der Waals surface area (Å²) in [6.07, 6.45) is 2.84. The Balaban J connectivity index is 2.82. The topological polar surface area (TPSA) is 38.3 Å². The van der Waals surface area contributed by atoms with Gasteiger partial charge in [0.25, 0.3) is 0 Å². The van der Waals surface area contributed by atoms with Crippen LogP contribution in [0.2, 0.25) is 0 Å². The highest BCUT2D eigenvalue weighted by atomic mass is 19.3. The third-order valence-electron chi connectivity index (χ3n) is 1.68. The zero-order chi connectivity index (χ0) is 12.0. The maximum absolute atomic E-state index is 12.0. The second-order valence-corrected chi connectivity index (χ2v) is 2.86. The second kappa shape index (κ2) is 5.85. The van der Waals surface area contributed by atoms with Gasteiger partial charge in [-0.05, 0) is 25.1 Å². The Morgan fingerprint density at radius 3 is 2.75 bits per heavy atom. The zero-order valence-corrected chi connectivity index (χ0v) is 8.61. The molecule has 3 nitrogen and oxygen atoms in total. The average Bonchev–Trinajstić information content (AvgIpc) is 2.20. The van der Waals surface area contributed by atoms with Gasteiger partial charge in [0.15, 0.2) is 0 Å². The van der Waals surface area contributed by atoms with Crippen molar-refractivity contribution in [3.8, 4) is 5.75 Å². The molecule has 86 valence electrons. The van der Waals surface area contributed by atoms with Crippen molar-refractivity contribution in [3.05, 3.63) is 36.4 Å². The van der Waals surface area contributed by atoms with Gasteiger partial charge in [-0.1, -0.05) is 18.2 Å². The largest absolute Gasteiger partial charge is 0.433 e. The number of benzene rings is 1. The number of ether oxygens (including phenoxy) is 1. The fourth-order valence-corrected chi connectivity index (χ4v) is 1.09. The van der Waals surface area contributed by atoms with Crippen molar-refractivity contribution in [3.63, 3.8) is 0 Å². The van der Waals surface area contributed by atoms with Crippen molar-refractivity contribution in [2.24, 2.45) is 0 Å². The van der Waals surface area contributed by atoms with E-state index < -0.39 is 12.5 Å². The van der Waals surface area contributed by atoms with E-state index in [1.54, 1.807) is 25.1 Å². The molecule has 0 radical (unpaired) electrons. The minimum atomic E-state index is -2.92. The second-order valence-electron chi connectivity index (χ2n) is 2.86. The number of nitrogens with one attached hydrogen (secondary N) is 1. The van der Waals surface area contributed by atoms with Crippen LogP contribution in [-0.2, 0) is 4.79 Å². The summed E-state index contributed by atoms with van der Waals surface area (Å²) in [5.41, 5.74) is 0.214. The number of hydrogen-bond acceptors (Lipinski definition) is 2. The molecule has 1 rings (SSSR count). The van der Waals surface area contributed by atoms with Crippen molar-refractivity contribution >= 4 is 11.6 Å². The lowest BCUT2D eigenvalue weighted by Crippen LogP contribution is -2.10. The van der Waals surface area contributed by atoms with Gasteiger partial charge < -0.3 is 10.1 Å². The molecule has 1 amide bonds. The lowest BCUT2D eigenvalue weighted by molar-refractivity contribution is -0.112. The molecule has 0 unspecified atom stereocenters. The van der Waals surface area contributed by atoms with E-state index in [4.69, 9.17) is 0 Å². The summed E-state index contributed by atoms with van der Waals surface area (Å²) in [5, 5.41) is 2.43. The Bertz CT molecular complexity index is 391. The molecule has 16 heavy (non-hydrogen) atoms. The third kappa shape index (κ3) is 3.68. The molecular formula is C11H11F2NO2. The molecule has 1 N–H and O–H groups in total. The van der Waals surface area contributed by atoms with E-state index in [2.05, 4.69) is 10.1 Å². The molecule has 0 bridgehead atoms. The first-order valence-electron chi connectivity index (χ1n) is 4.61. The van der Waals surface area contributed by atoms with Crippen LogP contribution in [0.15, 0.2) is 36.4 Å². The smallest absolute Gasteiger partial charge is 0.387 e. The van der Waals surface area contributed by atoms with E-state index in [9.17, 15) is 13.6 Å². The van der Waals surface area contributed by atoms with E-state index in [1.807, 2.05) is 0 Å². The van der Waals surface area contributed by atoms with Crippen molar-refractivity contribution in [2.45, 2.75) is 13.5 Å². The molecule has 0 aliphatic heterocycles. The highest BCUT2D eigenvalue weighted by Gasteiger charge is 2.09. The van der Waals surface area contributed by atoms with Crippen LogP contribution < -0.4 is 10.1 Å². The van der Waals surface area contributed by atoms with Crippen LogP contribution in [-0.4, -0.2) is 12.5 Å². The first-order valence-corrected chi connectivity index (χ1v) is 4.61. The Labute approximate surface area is 91.7 Å². The van der Waals surface area contributed by atoms with Gasteiger partial charge in [0.1, 0.15) is 5.75 Å². The number of rotatable bonds is 4. The van der Waals surface area contributed by atoms with Crippen molar-refractivity contribution < 1.29 is 18.3 Å². The maximum Gasteiger partial charge on any atom is 0.387 e. The minimum absolute atomic E-state index is 0.0599. The van der Waals surface area contributed by atoms with Crippen LogP contribution in [0, 0.1) is 0 Å². The fourth-order valence-electron chi connectivity index (χ4n) is 1.09. The Morgan fingerprint density at radius 1 is 1.44 bits per heavy atom. The Hall–Kier alpha value is -1.91. The van der Waals surface area contributed by atoms with Crippen LogP contribution >= 0.6 is 0 Å². The first kappa shape index (κ1) is 12.2. The lowest BCUT2D eigenvalue weighted by atomic mass is 10.3. The summed E-state index contributed by atoms with van der Waals surface area (Å²) in [4.78, 5) is 11.2. The van der Waals surface area contributed by atoms with E-state index >= 15 is 0 Å². The highest BCUT2D eigenvalue weighted by Crippen LogP contribution is 2.25. The predicted molar refractivity (Wildman–Crippen MR) is 56.5 cm³/mol. The summed E-state index contributed by atoms with van der Waals surface area (Å²) in [6.45, 7) is -1.24. The van der Waals surface area contributed by atoms with E-state index in [-0.39, 0.29) is 11.4 Å². The molecule has 0 aromatic heterocycles. The molecule has 0 aliphatic carbocycles. The van der Waals surface area contributed by atoms with Crippen molar-refractivity contribution in [2.75, 3.05) is 5.32 Å². The van der Waals surface area contributed by atoms with Gasteiger partial charge >= 0.3 is 6.61 Å². The van der Waals surface area contributed by atoms with E-state index in [0.29, 0.717) is 0 Å². The van der Waals surface area contributed by atoms with E-state index in [0.717, 1.165) is 0 Å². The molecule has 0 atom stereocenters. The predicted octanol–water partition coefficient (Wildman–Crippen LogP) is 2.80. The summed E-state index contributed by atoms with van der Waals surface area (Å²) >= 11 is 0. The van der Waals surface area contributed by atoms with Gasteiger partial charge in [-0.2, -0.15) is 8.78 Å². The monoisotopic (exact) mass is 227 g/mol. The third-order valence-corrected chi connectivity index (χ3v) is 1.68. The Kier molecular flexibility index (Phi) is 4.44. The molecule has 0 fully saturated rings. The molecule has 0 saturated heterocycles. The molecule has 0 heterocycles. The van der Waals surface area contributed by atoms with Crippen LogP contribution in [0.1, 0.15) is 6.92 Å². The standard InChI is InChI=1S/C11H11F2NO2/c1-2-5-10(15)14-8-6-3-4-7-9(8)16-11(12)13/h2-7,11H,1H3,(H,14,15). The van der Waals surface area contributed by atoms with Gasteiger partial charge in [0.2, 0.25) is 5.91 Å². The first-order chi connectivity index (χ1) is 7.63. The molecule has 5 heteroatoms. The number of anilines is 1. The summed E-state index contributed by atoms with van der Waals surface area (Å²) < 4.78 is 28.3. The van der Waals surface area contributed by atoms with Crippen LogP contribution in [0.3, 0.4) is 0 Å². The molecule has 0 aliphatic rings. The molecule has 1 aromatic rings. The van der Waals surface area contributed by atoms with Crippen molar-refractivity contribution in [1.29, 1.82) is 0 Å². The SMILES string of the molecule is CC=CC(=O)Nc1ccccc1OC(F)F. The van der Waals surface area contributed by atoms with Crippen molar-refractivity contribution in [1.82, 2.24) is 0 Å². The molecule has 0 spiro atoms. The number of carbonyl (C=O) groups is 1. The number of alkyl halides is 2. The lowest BCUT2D eigenvalue weighted by Gasteiger charge is -2.10. The normalized spacial score (nSPS) is 10.8. The Morgan fingerprint density at radius 2 is 2.12 bits per heavy atom. The molecule has 0 saturated carbocycles. The highest BCUT2D eigenvalue weighted by molar-refractivity contribution is 6.00. The number of amides is 1. The number of hydrogen-bond donors (Lipinski definition) is 1. The number of halogens is 2. The van der Waals surface area contributed by atoms with Crippen LogP contribution in [0.5, 0.6) is 5.75 Å². The van der Waals surface area contributed by atoms with Gasteiger partial charge in [-0.15, -0.1) is 0 Å². The van der Waals surface area contributed by atoms with Crippen LogP contribution in [0.4, 0.5) is 14.5 Å². The average molecular weight is 227 g/mol. The maximum atomic E-state index is 12.0. The van der Waals surface area contributed by atoms with Gasteiger partial charge in [-0.3, -0.25) is 4.79 Å². The minimum Gasteiger partial charge on any atom is -0.433 e. The summed E-state index contributed by atoms with van der Waals surface area (Å²) in [6, 6.07) is 6.00. The van der Waals surface area contributed by atoms with Gasteiger partial charge in [-0.25, -0.2) is 0 Å².